The summed E-state index contributed by atoms with van der Waals surface area (Å²) in [5.41, 5.74) is 0.393. The highest BCUT2D eigenvalue weighted by molar-refractivity contribution is 6.18. The number of amides is 1. The first kappa shape index (κ1) is 12.4. The van der Waals surface area contributed by atoms with Crippen LogP contribution in [0.4, 0.5) is 0 Å². The Labute approximate surface area is 106 Å². The lowest BCUT2D eigenvalue weighted by Gasteiger charge is -2.35. The fourth-order valence-electron chi connectivity index (χ4n) is 2.35. The molecule has 1 amide bonds. The first-order chi connectivity index (χ1) is 8.26. The van der Waals surface area contributed by atoms with Crippen LogP contribution in [0.5, 0.6) is 0 Å². The van der Waals surface area contributed by atoms with Gasteiger partial charge in [0.05, 0.1) is 0 Å². The summed E-state index contributed by atoms with van der Waals surface area (Å²) in [7, 11) is 0. The van der Waals surface area contributed by atoms with E-state index in [9.17, 15) is 4.79 Å². The number of carbonyl (C=O) groups is 1. The highest BCUT2D eigenvalue weighted by Crippen LogP contribution is 2.36. The molecule has 0 aliphatic heterocycles. The Hall–Kier alpha value is -1.03. The molecule has 1 aromatic heterocycles. The third kappa shape index (κ3) is 3.00. The highest BCUT2D eigenvalue weighted by atomic mass is 35.5. The van der Waals surface area contributed by atoms with Gasteiger partial charge >= 0.3 is 0 Å². The van der Waals surface area contributed by atoms with Crippen molar-refractivity contribution in [1.29, 1.82) is 0 Å². The van der Waals surface area contributed by atoms with Crippen molar-refractivity contribution >= 4 is 17.5 Å². The van der Waals surface area contributed by atoms with E-state index in [2.05, 4.69) is 15.0 Å². The fourth-order valence-corrected chi connectivity index (χ4v) is 2.71. The number of nitrogens with zero attached hydrogens (tertiary/aromatic N) is 1. The molecule has 1 aromatic rings. The van der Waals surface area contributed by atoms with Gasteiger partial charge in [-0.25, -0.2) is 0 Å². The maximum absolute atomic E-state index is 11.7. The van der Waals surface area contributed by atoms with Crippen LogP contribution in [0.2, 0.25) is 0 Å². The molecule has 1 saturated carbocycles. The van der Waals surface area contributed by atoms with Crippen LogP contribution >= 0.6 is 11.6 Å². The van der Waals surface area contributed by atoms with Crippen molar-refractivity contribution in [1.82, 2.24) is 10.5 Å². The fraction of sp³-hybridized carbons (Fsp3) is 0.667. The van der Waals surface area contributed by atoms with Crippen LogP contribution in [0, 0.1) is 5.41 Å². The number of rotatable bonds is 4. The van der Waals surface area contributed by atoms with Gasteiger partial charge in [-0.3, -0.25) is 4.79 Å². The minimum Gasteiger partial charge on any atom is -0.364 e. The molecule has 5 heteroatoms. The molecule has 1 heterocycles. The molecule has 1 aliphatic carbocycles. The molecular formula is C12H17ClN2O2. The largest absolute Gasteiger partial charge is 0.364 e. The van der Waals surface area contributed by atoms with Crippen molar-refractivity contribution in [2.24, 2.45) is 5.41 Å². The Morgan fingerprint density at radius 1 is 1.47 bits per heavy atom. The van der Waals surface area contributed by atoms with Crippen LogP contribution in [0.1, 0.15) is 42.6 Å². The van der Waals surface area contributed by atoms with E-state index in [-0.39, 0.29) is 11.3 Å². The minimum atomic E-state index is -0.186. The molecule has 17 heavy (non-hydrogen) atoms. The number of hydrogen-bond donors (Lipinski definition) is 1. The summed E-state index contributed by atoms with van der Waals surface area (Å²) < 4.78 is 4.64. The zero-order valence-corrected chi connectivity index (χ0v) is 10.5. The van der Waals surface area contributed by atoms with E-state index in [1.165, 1.54) is 25.5 Å². The molecule has 0 unspecified atom stereocenters. The van der Waals surface area contributed by atoms with E-state index in [0.29, 0.717) is 18.1 Å². The topological polar surface area (TPSA) is 55.1 Å². The number of alkyl halides is 1. The maximum Gasteiger partial charge on any atom is 0.273 e. The van der Waals surface area contributed by atoms with E-state index < -0.39 is 0 Å². The zero-order valence-electron chi connectivity index (χ0n) is 9.75. The lowest BCUT2D eigenvalue weighted by molar-refractivity contribution is 0.0912. The van der Waals surface area contributed by atoms with Crippen molar-refractivity contribution in [2.75, 3.05) is 12.4 Å². The molecule has 0 spiro atoms. The third-order valence-electron chi connectivity index (χ3n) is 3.49. The van der Waals surface area contributed by atoms with E-state index in [0.717, 1.165) is 12.8 Å². The predicted molar refractivity (Wildman–Crippen MR) is 65.1 cm³/mol. The van der Waals surface area contributed by atoms with Gasteiger partial charge in [0, 0.05) is 23.9 Å². The van der Waals surface area contributed by atoms with Gasteiger partial charge < -0.3 is 9.84 Å². The molecule has 2 rings (SSSR count). The Morgan fingerprint density at radius 3 is 2.82 bits per heavy atom. The van der Waals surface area contributed by atoms with E-state index >= 15 is 0 Å². The normalized spacial score (nSPS) is 18.9. The Morgan fingerprint density at radius 2 is 2.24 bits per heavy atom. The van der Waals surface area contributed by atoms with E-state index in [4.69, 9.17) is 11.6 Å². The monoisotopic (exact) mass is 256 g/mol. The van der Waals surface area contributed by atoms with Crippen molar-refractivity contribution < 1.29 is 9.32 Å². The van der Waals surface area contributed by atoms with Crippen molar-refractivity contribution in [3.8, 4) is 0 Å². The molecule has 1 fully saturated rings. The first-order valence-electron chi connectivity index (χ1n) is 6.00. The highest BCUT2D eigenvalue weighted by Gasteiger charge is 2.31. The average molecular weight is 257 g/mol. The SMILES string of the molecule is O=C(NCC1(CCl)CCCCC1)c1ccon1. The van der Waals surface area contributed by atoms with Gasteiger partial charge in [-0.15, -0.1) is 11.6 Å². The zero-order chi connectivity index (χ0) is 12.1. The van der Waals surface area contributed by atoms with Crippen molar-refractivity contribution in [2.45, 2.75) is 32.1 Å². The van der Waals surface area contributed by atoms with E-state index in [1.807, 2.05) is 0 Å². The molecule has 0 saturated heterocycles. The second-order valence-corrected chi connectivity index (χ2v) is 5.03. The summed E-state index contributed by atoms with van der Waals surface area (Å²) in [5.74, 6) is 0.417. The molecule has 0 radical (unpaired) electrons. The van der Waals surface area contributed by atoms with Crippen LogP contribution in [-0.4, -0.2) is 23.5 Å². The second kappa shape index (κ2) is 5.54. The standard InChI is InChI=1S/C12H17ClN2O2/c13-8-12(5-2-1-3-6-12)9-14-11(16)10-4-7-17-15-10/h4,7H,1-3,5-6,8-9H2,(H,14,16). The van der Waals surface area contributed by atoms with Crippen LogP contribution in [0.15, 0.2) is 16.9 Å². The molecular weight excluding hydrogens is 240 g/mol. The second-order valence-electron chi connectivity index (χ2n) is 4.76. The van der Waals surface area contributed by atoms with Gasteiger partial charge in [0.25, 0.3) is 5.91 Å². The van der Waals surface area contributed by atoms with Gasteiger partial charge in [-0.1, -0.05) is 24.4 Å². The molecule has 0 bridgehead atoms. The Kier molecular flexibility index (Phi) is 4.05. The lowest BCUT2D eigenvalue weighted by Crippen LogP contribution is -2.40. The number of nitrogens with one attached hydrogen (secondary N) is 1. The van der Waals surface area contributed by atoms with E-state index in [1.54, 1.807) is 6.07 Å². The maximum atomic E-state index is 11.7. The number of aromatic nitrogens is 1. The van der Waals surface area contributed by atoms with Gasteiger partial charge in [-0.2, -0.15) is 0 Å². The molecule has 1 N–H and O–H groups in total. The quantitative estimate of drug-likeness (QED) is 0.843. The van der Waals surface area contributed by atoms with Crippen molar-refractivity contribution in [3.63, 3.8) is 0 Å². The average Bonchev–Trinajstić information content (AvgIpc) is 2.91. The molecule has 0 aromatic carbocycles. The summed E-state index contributed by atoms with van der Waals surface area (Å²) in [4.78, 5) is 11.7. The minimum absolute atomic E-state index is 0.0687. The number of hydrogen-bond acceptors (Lipinski definition) is 3. The summed E-state index contributed by atoms with van der Waals surface area (Å²) in [6.45, 7) is 0.627. The lowest BCUT2D eigenvalue weighted by atomic mass is 9.75. The van der Waals surface area contributed by atoms with Crippen molar-refractivity contribution in [3.05, 3.63) is 18.0 Å². The molecule has 4 nitrogen and oxygen atoms in total. The predicted octanol–water partition coefficient (Wildman–Crippen LogP) is 2.59. The molecule has 1 aliphatic rings. The van der Waals surface area contributed by atoms with Gasteiger partial charge in [0.15, 0.2) is 5.69 Å². The van der Waals surface area contributed by atoms with Crippen LogP contribution in [0.3, 0.4) is 0 Å². The van der Waals surface area contributed by atoms with Crippen LogP contribution in [0.25, 0.3) is 0 Å². The smallest absolute Gasteiger partial charge is 0.273 e. The molecule has 94 valence electrons. The number of carbonyl (C=O) groups excluding carboxylic acids is 1. The number of halogens is 1. The Balaban J connectivity index is 1.89. The summed E-state index contributed by atoms with van der Waals surface area (Å²) >= 11 is 6.06. The Bertz CT molecular complexity index is 359. The first-order valence-corrected chi connectivity index (χ1v) is 6.54. The third-order valence-corrected chi connectivity index (χ3v) is 4.06. The van der Waals surface area contributed by atoms with Gasteiger partial charge in [0.1, 0.15) is 6.26 Å². The van der Waals surface area contributed by atoms with Gasteiger partial charge in [-0.05, 0) is 12.8 Å². The summed E-state index contributed by atoms with van der Waals surface area (Å²) in [6, 6.07) is 1.56. The summed E-state index contributed by atoms with van der Waals surface area (Å²) in [6.07, 6.45) is 7.26. The van der Waals surface area contributed by atoms with Crippen LogP contribution in [-0.2, 0) is 0 Å². The molecule has 0 atom stereocenters. The summed E-state index contributed by atoms with van der Waals surface area (Å²) in [5, 5.41) is 6.51. The van der Waals surface area contributed by atoms with Crippen LogP contribution < -0.4 is 5.32 Å². The van der Waals surface area contributed by atoms with Gasteiger partial charge in [0.2, 0.25) is 0 Å².